The minimum atomic E-state index is 0.672. The van der Waals surface area contributed by atoms with Gasteiger partial charge in [-0.15, -0.1) is 0 Å². The predicted molar refractivity (Wildman–Crippen MR) is 77.1 cm³/mol. The van der Waals surface area contributed by atoms with Gasteiger partial charge in [0.25, 0.3) is 0 Å². The third kappa shape index (κ3) is 2.67. The van der Waals surface area contributed by atoms with Crippen molar-refractivity contribution in [2.24, 2.45) is 0 Å². The fourth-order valence-electron chi connectivity index (χ4n) is 2.63. The molecule has 3 rings (SSSR count). The molecule has 0 bridgehead atoms. The topological polar surface area (TPSA) is 38.5 Å². The maximum atomic E-state index is 6.20. The van der Waals surface area contributed by atoms with Gasteiger partial charge in [-0.3, -0.25) is 4.90 Å². The summed E-state index contributed by atoms with van der Waals surface area (Å²) in [6.45, 7) is 4.60. The van der Waals surface area contributed by atoms with E-state index in [1.165, 1.54) is 11.1 Å². The van der Waals surface area contributed by atoms with E-state index in [4.69, 9.17) is 20.9 Å². The Bertz CT molecular complexity index is 624. The molecule has 0 fully saturated rings. The molecule has 106 valence electrons. The molecule has 5 heteroatoms. The molecule has 1 aromatic carbocycles. The van der Waals surface area contributed by atoms with E-state index in [1.54, 1.807) is 7.11 Å². The van der Waals surface area contributed by atoms with E-state index >= 15 is 0 Å². The number of rotatable bonds is 3. The molecule has 2 heterocycles. The molecule has 0 atom stereocenters. The van der Waals surface area contributed by atoms with Gasteiger partial charge in [0.1, 0.15) is 11.5 Å². The van der Waals surface area contributed by atoms with Crippen LogP contribution in [0.15, 0.2) is 22.7 Å². The summed E-state index contributed by atoms with van der Waals surface area (Å²) in [5.74, 6) is 1.61. The highest BCUT2D eigenvalue weighted by Crippen LogP contribution is 2.31. The van der Waals surface area contributed by atoms with E-state index in [1.807, 2.05) is 19.1 Å². The molecule has 0 N–H and O–H groups in total. The van der Waals surface area contributed by atoms with Crippen LogP contribution < -0.4 is 4.74 Å². The minimum absolute atomic E-state index is 0.672. The maximum Gasteiger partial charge on any atom is 0.137 e. The van der Waals surface area contributed by atoms with E-state index in [9.17, 15) is 0 Å². The second-order valence-corrected chi connectivity index (χ2v) is 5.55. The van der Waals surface area contributed by atoms with Crippen molar-refractivity contribution >= 4 is 11.6 Å². The standard InChI is InChI=1S/C15H17ClN2O2/c1-10-5-13(17-20-10)9-18-4-3-11-7-15(19-2)14(16)6-12(11)8-18/h5-7H,3-4,8-9H2,1-2H3. The maximum absolute atomic E-state index is 6.20. The van der Waals surface area contributed by atoms with Crippen LogP contribution >= 0.6 is 11.6 Å². The molecule has 4 nitrogen and oxygen atoms in total. The quantitative estimate of drug-likeness (QED) is 0.871. The summed E-state index contributed by atoms with van der Waals surface area (Å²) >= 11 is 6.20. The van der Waals surface area contributed by atoms with Gasteiger partial charge in [0.05, 0.1) is 17.8 Å². The average Bonchev–Trinajstić information content (AvgIpc) is 2.83. The van der Waals surface area contributed by atoms with Crippen LogP contribution in [0.5, 0.6) is 5.75 Å². The largest absolute Gasteiger partial charge is 0.495 e. The SMILES string of the molecule is COc1cc2c(cc1Cl)CN(Cc1cc(C)on1)CC2. The Morgan fingerprint density at radius 1 is 1.35 bits per heavy atom. The first-order chi connectivity index (χ1) is 9.65. The van der Waals surface area contributed by atoms with E-state index in [2.05, 4.69) is 16.1 Å². The Morgan fingerprint density at radius 2 is 2.20 bits per heavy atom. The summed E-state index contributed by atoms with van der Waals surface area (Å²) in [5.41, 5.74) is 3.56. The molecule has 0 amide bonds. The monoisotopic (exact) mass is 292 g/mol. The van der Waals surface area contributed by atoms with E-state index in [-0.39, 0.29) is 0 Å². The van der Waals surface area contributed by atoms with E-state index in [0.717, 1.165) is 43.3 Å². The van der Waals surface area contributed by atoms with Gasteiger partial charge in [-0.1, -0.05) is 16.8 Å². The van der Waals surface area contributed by atoms with Crippen molar-refractivity contribution in [2.75, 3.05) is 13.7 Å². The van der Waals surface area contributed by atoms with Crippen molar-refractivity contribution in [1.82, 2.24) is 10.1 Å². The zero-order chi connectivity index (χ0) is 14.1. The van der Waals surface area contributed by atoms with Crippen molar-refractivity contribution < 1.29 is 9.26 Å². The molecule has 2 aromatic rings. The highest BCUT2D eigenvalue weighted by atomic mass is 35.5. The Kier molecular flexibility index (Phi) is 3.68. The highest BCUT2D eigenvalue weighted by molar-refractivity contribution is 6.32. The lowest BCUT2D eigenvalue weighted by Gasteiger charge is -2.28. The molecule has 0 spiro atoms. The Balaban J connectivity index is 1.76. The molecular formula is C15H17ClN2O2. The lowest BCUT2D eigenvalue weighted by Crippen LogP contribution is -2.30. The zero-order valence-electron chi connectivity index (χ0n) is 11.6. The molecule has 0 saturated carbocycles. The van der Waals surface area contributed by atoms with Crippen LogP contribution in [0.1, 0.15) is 22.6 Å². The fourth-order valence-corrected chi connectivity index (χ4v) is 2.89. The van der Waals surface area contributed by atoms with Crippen molar-refractivity contribution in [3.63, 3.8) is 0 Å². The summed E-state index contributed by atoms with van der Waals surface area (Å²) in [6.07, 6.45) is 1.000. The smallest absolute Gasteiger partial charge is 0.137 e. The molecule has 20 heavy (non-hydrogen) atoms. The summed E-state index contributed by atoms with van der Waals surface area (Å²) in [5, 5.41) is 4.72. The number of hydrogen-bond donors (Lipinski definition) is 0. The van der Waals surface area contributed by atoms with E-state index < -0.39 is 0 Å². The molecule has 0 saturated heterocycles. The zero-order valence-corrected chi connectivity index (χ0v) is 12.4. The second-order valence-electron chi connectivity index (χ2n) is 5.15. The lowest BCUT2D eigenvalue weighted by molar-refractivity contribution is 0.237. The number of methoxy groups -OCH3 is 1. The first-order valence-electron chi connectivity index (χ1n) is 6.65. The van der Waals surface area contributed by atoms with Crippen LogP contribution in [0.25, 0.3) is 0 Å². The second kappa shape index (κ2) is 5.46. The molecule has 0 unspecified atom stereocenters. The van der Waals surface area contributed by atoms with Gasteiger partial charge >= 0.3 is 0 Å². The Hall–Kier alpha value is -1.52. The summed E-state index contributed by atoms with van der Waals surface area (Å²) < 4.78 is 10.4. The van der Waals surface area contributed by atoms with Gasteiger partial charge in [-0.25, -0.2) is 0 Å². The molecule has 1 aromatic heterocycles. The lowest BCUT2D eigenvalue weighted by atomic mass is 9.99. The van der Waals surface area contributed by atoms with Crippen molar-refractivity contribution in [3.8, 4) is 5.75 Å². The third-order valence-corrected chi connectivity index (χ3v) is 3.92. The average molecular weight is 293 g/mol. The van der Waals surface area contributed by atoms with Crippen LogP contribution in [0.4, 0.5) is 0 Å². The molecule has 1 aliphatic rings. The minimum Gasteiger partial charge on any atom is -0.495 e. The van der Waals surface area contributed by atoms with Crippen LogP contribution in [0, 0.1) is 6.92 Å². The van der Waals surface area contributed by atoms with Gasteiger partial charge < -0.3 is 9.26 Å². The number of aromatic nitrogens is 1. The van der Waals surface area contributed by atoms with Gasteiger partial charge in [0.15, 0.2) is 0 Å². The molecule has 0 radical (unpaired) electrons. The molecule has 0 aliphatic carbocycles. The van der Waals surface area contributed by atoms with Crippen molar-refractivity contribution in [1.29, 1.82) is 0 Å². The van der Waals surface area contributed by atoms with Gasteiger partial charge in [0, 0.05) is 25.7 Å². The molecule has 1 aliphatic heterocycles. The Morgan fingerprint density at radius 3 is 2.90 bits per heavy atom. The molecular weight excluding hydrogens is 276 g/mol. The predicted octanol–water partition coefficient (Wildman–Crippen LogP) is 3.20. The van der Waals surface area contributed by atoms with Crippen molar-refractivity contribution in [2.45, 2.75) is 26.4 Å². The normalized spacial score (nSPS) is 15.2. The van der Waals surface area contributed by atoms with E-state index in [0.29, 0.717) is 5.02 Å². The number of halogens is 1. The number of fused-ring (bicyclic) bond motifs is 1. The number of ether oxygens (including phenoxy) is 1. The number of hydrogen-bond acceptors (Lipinski definition) is 4. The number of benzene rings is 1. The number of nitrogens with zero attached hydrogens (tertiary/aromatic N) is 2. The van der Waals surface area contributed by atoms with Crippen LogP contribution in [0.2, 0.25) is 5.02 Å². The highest BCUT2D eigenvalue weighted by Gasteiger charge is 2.19. The Labute approximate surface area is 123 Å². The van der Waals surface area contributed by atoms with Gasteiger partial charge in [-0.2, -0.15) is 0 Å². The third-order valence-electron chi connectivity index (χ3n) is 3.63. The first-order valence-corrected chi connectivity index (χ1v) is 7.03. The first kappa shape index (κ1) is 13.5. The summed E-state index contributed by atoms with van der Waals surface area (Å²) in [6, 6.07) is 6.04. The van der Waals surface area contributed by atoms with Crippen LogP contribution in [0.3, 0.4) is 0 Å². The van der Waals surface area contributed by atoms with Crippen LogP contribution in [-0.4, -0.2) is 23.7 Å². The summed E-state index contributed by atoms with van der Waals surface area (Å²) in [7, 11) is 1.65. The van der Waals surface area contributed by atoms with Gasteiger partial charge in [-0.05, 0) is 36.6 Å². The van der Waals surface area contributed by atoms with Crippen molar-refractivity contribution in [3.05, 3.63) is 45.8 Å². The fraction of sp³-hybridized carbons (Fsp3) is 0.400. The summed E-state index contributed by atoms with van der Waals surface area (Å²) in [4.78, 5) is 2.35. The number of aryl methyl sites for hydroxylation is 1. The van der Waals surface area contributed by atoms with Crippen LogP contribution in [-0.2, 0) is 19.5 Å². The van der Waals surface area contributed by atoms with Gasteiger partial charge in [0.2, 0.25) is 0 Å².